The molecule has 0 spiro atoms. The molecule has 0 unspecified atom stereocenters. The molecule has 9 nitrogen and oxygen atoms in total. The van der Waals surface area contributed by atoms with Gasteiger partial charge in [0.1, 0.15) is 17.6 Å². The van der Waals surface area contributed by atoms with Gasteiger partial charge in [-0.3, -0.25) is 19.4 Å². The number of hydrogen-bond donors (Lipinski definition) is 4. The summed E-state index contributed by atoms with van der Waals surface area (Å²) in [7, 11) is 0. The summed E-state index contributed by atoms with van der Waals surface area (Å²) >= 11 is 0. The lowest BCUT2D eigenvalue weighted by atomic mass is 9.87. The number of aromatic nitrogens is 1. The SMILES string of the molecule is CC(C)(CO)[C@@H](O)C(=O)NCCC(=O)C(=O)NCc1ccc(Oc2ccncc2)cc1. The molecule has 166 valence electrons. The maximum atomic E-state index is 12.0. The van der Waals surface area contributed by atoms with Crippen LogP contribution < -0.4 is 15.4 Å². The van der Waals surface area contributed by atoms with Gasteiger partial charge in [0.2, 0.25) is 11.7 Å². The van der Waals surface area contributed by atoms with Crippen molar-refractivity contribution in [3.8, 4) is 11.5 Å². The maximum absolute atomic E-state index is 12.0. The van der Waals surface area contributed by atoms with Gasteiger partial charge in [0.25, 0.3) is 5.91 Å². The lowest BCUT2D eigenvalue weighted by molar-refractivity contribution is -0.139. The average Bonchev–Trinajstić information content (AvgIpc) is 2.78. The van der Waals surface area contributed by atoms with Crippen molar-refractivity contribution < 1.29 is 29.3 Å². The molecule has 0 aliphatic rings. The van der Waals surface area contributed by atoms with Crippen molar-refractivity contribution in [1.82, 2.24) is 15.6 Å². The molecule has 2 amide bonds. The Hall–Kier alpha value is -3.30. The van der Waals surface area contributed by atoms with Gasteiger partial charge in [-0.05, 0) is 29.8 Å². The Morgan fingerprint density at radius 1 is 1.03 bits per heavy atom. The van der Waals surface area contributed by atoms with E-state index in [1.165, 1.54) is 13.8 Å². The molecule has 9 heteroatoms. The summed E-state index contributed by atoms with van der Waals surface area (Å²) in [6.07, 6.45) is 1.62. The lowest BCUT2D eigenvalue weighted by Gasteiger charge is -2.27. The first-order valence-corrected chi connectivity index (χ1v) is 9.77. The number of ether oxygens (including phenoxy) is 1. The molecule has 0 aliphatic heterocycles. The molecule has 1 heterocycles. The van der Waals surface area contributed by atoms with Crippen LogP contribution in [-0.2, 0) is 20.9 Å². The number of carbonyl (C=O) groups excluding carboxylic acids is 3. The summed E-state index contributed by atoms with van der Waals surface area (Å²) in [4.78, 5) is 39.7. The molecule has 2 aromatic rings. The summed E-state index contributed by atoms with van der Waals surface area (Å²) in [5.74, 6) is -0.876. The quantitative estimate of drug-likeness (QED) is 0.390. The molecule has 0 saturated heterocycles. The van der Waals surface area contributed by atoms with Gasteiger partial charge in [-0.2, -0.15) is 0 Å². The Balaban J connectivity index is 1.73. The van der Waals surface area contributed by atoms with E-state index < -0.39 is 29.1 Å². The zero-order chi connectivity index (χ0) is 22.9. The number of carbonyl (C=O) groups is 3. The fourth-order valence-corrected chi connectivity index (χ4v) is 2.45. The molecule has 1 atom stereocenters. The molecular formula is C22H27N3O6. The van der Waals surface area contributed by atoms with Crippen molar-refractivity contribution in [1.29, 1.82) is 0 Å². The number of nitrogens with one attached hydrogen (secondary N) is 2. The molecule has 1 aromatic carbocycles. The number of nitrogens with zero attached hydrogens (tertiary/aromatic N) is 1. The van der Waals surface area contributed by atoms with Crippen LogP contribution in [0.2, 0.25) is 0 Å². The standard InChI is InChI=1S/C22H27N3O6/c1-22(2,14-26)19(28)21(30)24-12-9-18(27)20(29)25-13-15-3-5-16(6-4-15)31-17-7-10-23-11-8-17/h3-8,10-11,19,26,28H,9,12-14H2,1-2H3,(H,24,30)(H,25,29)/t19-/m0/s1. The smallest absolute Gasteiger partial charge is 0.287 e. The van der Waals surface area contributed by atoms with Crippen molar-refractivity contribution in [3.63, 3.8) is 0 Å². The predicted molar refractivity (Wildman–Crippen MR) is 112 cm³/mol. The third-order valence-electron chi connectivity index (χ3n) is 4.56. The number of pyridine rings is 1. The number of aliphatic hydroxyl groups excluding tert-OH is 2. The largest absolute Gasteiger partial charge is 0.457 e. The Labute approximate surface area is 180 Å². The highest BCUT2D eigenvalue weighted by Gasteiger charge is 2.32. The van der Waals surface area contributed by atoms with Crippen LogP contribution in [0.3, 0.4) is 0 Å². The van der Waals surface area contributed by atoms with E-state index >= 15 is 0 Å². The number of hydrogen-bond acceptors (Lipinski definition) is 7. The number of amides is 2. The molecule has 31 heavy (non-hydrogen) atoms. The number of rotatable bonds is 11. The second-order valence-electron chi connectivity index (χ2n) is 7.63. The topological polar surface area (TPSA) is 138 Å². The second kappa shape index (κ2) is 11.2. The molecule has 0 aliphatic carbocycles. The highest BCUT2D eigenvalue weighted by molar-refractivity contribution is 6.36. The van der Waals surface area contributed by atoms with E-state index in [4.69, 9.17) is 4.74 Å². The minimum absolute atomic E-state index is 0.0926. The fourth-order valence-electron chi connectivity index (χ4n) is 2.45. The Kier molecular flexibility index (Phi) is 8.65. The molecule has 0 radical (unpaired) electrons. The van der Waals surface area contributed by atoms with E-state index in [1.807, 2.05) is 0 Å². The van der Waals surface area contributed by atoms with Crippen molar-refractivity contribution in [2.75, 3.05) is 13.2 Å². The van der Waals surface area contributed by atoms with Crippen LogP contribution in [0.25, 0.3) is 0 Å². The summed E-state index contributed by atoms with van der Waals surface area (Å²) in [6, 6.07) is 10.5. The first kappa shape index (κ1) is 24.0. The van der Waals surface area contributed by atoms with Crippen LogP contribution in [0, 0.1) is 5.41 Å². The number of ketones is 1. The van der Waals surface area contributed by atoms with Gasteiger partial charge < -0.3 is 25.6 Å². The van der Waals surface area contributed by atoms with Crippen LogP contribution in [0.4, 0.5) is 0 Å². The van der Waals surface area contributed by atoms with Crippen molar-refractivity contribution in [2.24, 2.45) is 5.41 Å². The van der Waals surface area contributed by atoms with Gasteiger partial charge in [-0.1, -0.05) is 26.0 Å². The third kappa shape index (κ3) is 7.47. The van der Waals surface area contributed by atoms with Crippen molar-refractivity contribution in [2.45, 2.75) is 32.9 Å². The van der Waals surface area contributed by atoms with Gasteiger partial charge in [0.05, 0.1) is 6.61 Å². The van der Waals surface area contributed by atoms with E-state index in [0.29, 0.717) is 11.5 Å². The number of benzene rings is 1. The first-order chi connectivity index (χ1) is 14.7. The Morgan fingerprint density at radius 2 is 1.65 bits per heavy atom. The molecule has 2 rings (SSSR count). The van der Waals surface area contributed by atoms with Crippen molar-refractivity contribution >= 4 is 17.6 Å². The summed E-state index contributed by atoms with van der Waals surface area (Å²) in [5.41, 5.74) is -0.226. The van der Waals surface area contributed by atoms with Gasteiger partial charge in [0, 0.05) is 37.3 Å². The lowest BCUT2D eigenvalue weighted by Crippen LogP contribution is -2.46. The van der Waals surface area contributed by atoms with Gasteiger partial charge in [-0.15, -0.1) is 0 Å². The van der Waals surface area contributed by atoms with Crippen LogP contribution in [-0.4, -0.2) is 52.1 Å². The first-order valence-electron chi connectivity index (χ1n) is 9.77. The third-order valence-corrected chi connectivity index (χ3v) is 4.56. The summed E-state index contributed by atoms with van der Waals surface area (Å²) < 4.78 is 5.66. The molecule has 0 saturated carbocycles. The summed E-state index contributed by atoms with van der Waals surface area (Å²) in [5, 5.41) is 24.0. The highest BCUT2D eigenvalue weighted by Crippen LogP contribution is 2.21. The molecule has 0 bridgehead atoms. The van der Waals surface area contributed by atoms with Gasteiger partial charge in [-0.25, -0.2) is 0 Å². The molecule has 0 fully saturated rings. The predicted octanol–water partition coefficient (Wildman–Crippen LogP) is 0.945. The normalized spacial score (nSPS) is 12.0. The van der Waals surface area contributed by atoms with E-state index in [9.17, 15) is 24.6 Å². The van der Waals surface area contributed by atoms with Crippen LogP contribution in [0.1, 0.15) is 25.8 Å². The second-order valence-corrected chi connectivity index (χ2v) is 7.63. The van der Waals surface area contributed by atoms with E-state index in [-0.39, 0.29) is 26.1 Å². The molecular weight excluding hydrogens is 402 g/mol. The van der Waals surface area contributed by atoms with Gasteiger partial charge in [0.15, 0.2) is 0 Å². The van der Waals surface area contributed by atoms with Gasteiger partial charge >= 0.3 is 0 Å². The van der Waals surface area contributed by atoms with Crippen LogP contribution in [0.5, 0.6) is 11.5 Å². The Morgan fingerprint density at radius 3 is 2.26 bits per heavy atom. The van der Waals surface area contributed by atoms with Crippen LogP contribution >= 0.6 is 0 Å². The maximum Gasteiger partial charge on any atom is 0.287 e. The minimum Gasteiger partial charge on any atom is -0.457 e. The van der Waals surface area contributed by atoms with Crippen LogP contribution in [0.15, 0.2) is 48.8 Å². The average molecular weight is 429 g/mol. The molecule has 1 aromatic heterocycles. The highest BCUT2D eigenvalue weighted by atomic mass is 16.5. The van der Waals surface area contributed by atoms with E-state index in [1.54, 1.807) is 48.8 Å². The zero-order valence-corrected chi connectivity index (χ0v) is 17.5. The monoisotopic (exact) mass is 429 g/mol. The van der Waals surface area contributed by atoms with E-state index in [0.717, 1.165) is 5.56 Å². The van der Waals surface area contributed by atoms with Crippen molar-refractivity contribution in [3.05, 3.63) is 54.4 Å². The number of Topliss-reactive ketones (excluding diaryl/α,β-unsaturated/α-hetero) is 1. The Bertz CT molecular complexity index is 884. The minimum atomic E-state index is -1.42. The fraction of sp³-hybridized carbons (Fsp3) is 0.364. The van der Waals surface area contributed by atoms with E-state index in [2.05, 4.69) is 15.6 Å². The zero-order valence-electron chi connectivity index (χ0n) is 17.5. The molecule has 4 N–H and O–H groups in total. The number of aliphatic hydroxyl groups is 2. The summed E-state index contributed by atoms with van der Waals surface area (Å²) in [6.45, 7) is 2.77.